The highest BCUT2D eigenvalue weighted by Gasteiger charge is 2.05. The Morgan fingerprint density at radius 3 is 2.50 bits per heavy atom. The van der Waals surface area contributed by atoms with Gasteiger partial charge in [-0.3, -0.25) is 4.79 Å². The molecule has 2 rings (SSSR count). The molecule has 0 aliphatic carbocycles. The third kappa shape index (κ3) is 4.54. The number of Topliss-reactive ketones (excluding diaryl/α,β-unsaturated/α-hetero) is 1. The molecule has 0 bridgehead atoms. The van der Waals surface area contributed by atoms with Crippen molar-refractivity contribution in [3.63, 3.8) is 0 Å². The van der Waals surface area contributed by atoms with Crippen LogP contribution in [0.4, 0.5) is 0 Å². The summed E-state index contributed by atoms with van der Waals surface area (Å²) in [5, 5.41) is 0. The molecule has 2 aromatic rings. The van der Waals surface area contributed by atoms with Crippen LogP contribution in [0.5, 0.6) is 5.75 Å². The van der Waals surface area contributed by atoms with E-state index in [1.807, 2.05) is 42.5 Å². The second kappa shape index (κ2) is 7.49. The number of carbonyl (C=O) groups is 1. The first kappa shape index (κ1) is 14.3. The number of methoxy groups -OCH3 is 1. The molecule has 0 unspecified atom stereocenters. The van der Waals surface area contributed by atoms with Crippen molar-refractivity contribution in [3.8, 4) is 5.75 Å². The Bertz CT molecular complexity index is 546. The summed E-state index contributed by atoms with van der Waals surface area (Å²) in [4.78, 5) is 12.0. The number of hydrogen-bond acceptors (Lipinski definition) is 2. The number of rotatable bonds is 7. The lowest BCUT2D eigenvalue weighted by Crippen LogP contribution is -2.03. The van der Waals surface area contributed by atoms with E-state index >= 15 is 0 Å². The van der Waals surface area contributed by atoms with E-state index in [2.05, 4.69) is 12.1 Å². The van der Waals surface area contributed by atoms with Gasteiger partial charge in [0.05, 0.1) is 7.11 Å². The monoisotopic (exact) mass is 268 g/mol. The third-order valence-corrected chi connectivity index (χ3v) is 3.30. The minimum atomic E-state index is 0.286. The fourth-order valence-electron chi connectivity index (χ4n) is 2.23. The van der Waals surface area contributed by atoms with Crippen LogP contribution in [0.15, 0.2) is 54.6 Å². The highest BCUT2D eigenvalue weighted by atomic mass is 16.5. The van der Waals surface area contributed by atoms with E-state index < -0.39 is 0 Å². The maximum absolute atomic E-state index is 12.0. The van der Waals surface area contributed by atoms with Crippen molar-refractivity contribution in [2.45, 2.75) is 25.7 Å². The molecule has 0 amide bonds. The molecule has 0 aliphatic rings. The number of ketones is 1. The summed E-state index contributed by atoms with van der Waals surface area (Å²) in [6.45, 7) is 0. The second-order valence-electron chi connectivity index (χ2n) is 4.91. The van der Waals surface area contributed by atoms with E-state index in [4.69, 9.17) is 4.74 Å². The standard InChI is InChI=1S/C18H20O2/c1-20-18-12-6-10-16(14-18)13-17(19)11-5-9-15-7-3-2-4-8-15/h2-4,6-8,10,12,14H,5,9,11,13H2,1H3. The molecule has 0 aliphatic heterocycles. The summed E-state index contributed by atoms with van der Waals surface area (Å²) in [5.74, 6) is 1.09. The van der Waals surface area contributed by atoms with Gasteiger partial charge in [-0.1, -0.05) is 42.5 Å². The molecule has 0 fully saturated rings. The average molecular weight is 268 g/mol. The number of hydrogen-bond donors (Lipinski definition) is 0. The number of ether oxygens (including phenoxy) is 1. The second-order valence-corrected chi connectivity index (χ2v) is 4.91. The Morgan fingerprint density at radius 1 is 1.00 bits per heavy atom. The van der Waals surface area contributed by atoms with Crippen LogP contribution < -0.4 is 4.74 Å². The first-order valence-electron chi connectivity index (χ1n) is 6.96. The molecule has 0 radical (unpaired) electrons. The minimum Gasteiger partial charge on any atom is -0.497 e. The fourth-order valence-corrected chi connectivity index (χ4v) is 2.23. The molecule has 0 atom stereocenters. The molecule has 0 saturated heterocycles. The molecule has 104 valence electrons. The largest absolute Gasteiger partial charge is 0.497 e. The van der Waals surface area contributed by atoms with Crippen molar-refractivity contribution in [1.29, 1.82) is 0 Å². The van der Waals surface area contributed by atoms with E-state index in [1.54, 1.807) is 7.11 Å². The molecular formula is C18H20O2. The molecule has 20 heavy (non-hydrogen) atoms. The van der Waals surface area contributed by atoms with Crippen molar-refractivity contribution in [2.24, 2.45) is 0 Å². The molecule has 0 heterocycles. The summed E-state index contributed by atoms with van der Waals surface area (Å²) in [5.41, 5.74) is 2.32. The van der Waals surface area contributed by atoms with Gasteiger partial charge in [-0.05, 0) is 36.1 Å². The van der Waals surface area contributed by atoms with E-state index in [0.29, 0.717) is 12.8 Å². The van der Waals surface area contributed by atoms with Crippen LogP contribution in [-0.2, 0) is 17.6 Å². The molecule has 0 N–H and O–H groups in total. The van der Waals surface area contributed by atoms with Gasteiger partial charge in [-0.2, -0.15) is 0 Å². The van der Waals surface area contributed by atoms with Crippen molar-refractivity contribution in [2.75, 3.05) is 7.11 Å². The Morgan fingerprint density at radius 2 is 1.75 bits per heavy atom. The van der Waals surface area contributed by atoms with Crippen LogP contribution in [0.2, 0.25) is 0 Å². The molecule has 2 aromatic carbocycles. The Kier molecular flexibility index (Phi) is 5.36. The lowest BCUT2D eigenvalue weighted by molar-refractivity contribution is -0.118. The summed E-state index contributed by atoms with van der Waals surface area (Å²) in [7, 11) is 1.64. The topological polar surface area (TPSA) is 26.3 Å². The fraction of sp³-hybridized carbons (Fsp3) is 0.278. The molecule has 0 spiro atoms. The zero-order valence-corrected chi connectivity index (χ0v) is 11.8. The smallest absolute Gasteiger partial charge is 0.137 e. The zero-order valence-electron chi connectivity index (χ0n) is 11.8. The van der Waals surface area contributed by atoms with Crippen LogP contribution in [0.3, 0.4) is 0 Å². The highest BCUT2D eigenvalue weighted by Crippen LogP contribution is 2.14. The quantitative estimate of drug-likeness (QED) is 0.763. The first-order chi connectivity index (χ1) is 9.78. The zero-order chi connectivity index (χ0) is 14.2. The third-order valence-electron chi connectivity index (χ3n) is 3.30. The van der Waals surface area contributed by atoms with Gasteiger partial charge in [-0.15, -0.1) is 0 Å². The van der Waals surface area contributed by atoms with Crippen LogP contribution in [0, 0.1) is 0 Å². The van der Waals surface area contributed by atoms with Gasteiger partial charge in [0.25, 0.3) is 0 Å². The lowest BCUT2D eigenvalue weighted by atomic mass is 10.0. The van der Waals surface area contributed by atoms with Crippen LogP contribution in [0.25, 0.3) is 0 Å². The minimum absolute atomic E-state index is 0.286. The van der Waals surface area contributed by atoms with Crippen molar-refractivity contribution in [3.05, 3.63) is 65.7 Å². The summed E-state index contributed by atoms with van der Waals surface area (Å²) >= 11 is 0. The van der Waals surface area contributed by atoms with Crippen LogP contribution in [-0.4, -0.2) is 12.9 Å². The molecule has 0 aromatic heterocycles. The summed E-state index contributed by atoms with van der Waals surface area (Å²) < 4.78 is 5.16. The van der Waals surface area contributed by atoms with E-state index in [9.17, 15) is 4.79 Å². The maximum atomic E-state index is 12.0. The molecule has 2 heteroatoms. The van der Waals surface area contributed by atoms with Gasteiger partial charge in [-0.25, -0.2) is 0 Å². The molecule has 0 saturated carbocycles. The van der Waals surface area contributed by atoms with Gasteiger partial charge in [0.1, 0.15) is 11.5 Å². The van der Waals surface area contributed by atoms with Gasteiger partial charge in [0.2, 0.25) is 0 Å². The number of carbonyl (C=O) groups excluding carboxylic acids is 1. The van der Waals surface area contributed by atoms with Gasteiger partial charge in [0, 0.05) is 12.8 Å². The SMILES string of the molecule is COc1cccc(CC(=O)CCCc2ccccc2)c1. The normalized spacial score (nSPS) is 10.2. The summed E-state index contributed by atoms with van der Waals surface area (Å²) in [6.07, 6.45) is 3.00. The predicted molar refractivity (Wildman–Crippen MR) is 81.1 cm³/mol. The molecular weight excluding hydrogens is 248 g/mol. The van der Waals surface area contributed by atoms with Crippen molar-refractivity contribution >= 4 is 5.78 Å². The summed E-state index contributed by atoms with van der Waals surface area (Å²) in [6, 6.07) is 18.0. The number of aryl methyl sites for hydroxylation is 1. The van der Waals surface area contributed by atoms with Gasteiger partial charge in [0.15, 0.2) is 0 Å². The van der Waals surface area contributed by atoms with E-state index in [0.717, 1.165) is 24.2 Å². The van der Waals surface area contributed by atoms with Gasteiger partial charge < -0.3 is 4.74 Å². The maximum Gasteiger partial charge on any atom is 0.137 e. The van der Waals surface area contributed by atoms with E-state index in [1.165, 1.54) is 5.56 Å². The Labute approximate surface area is 120 Å². The van der Waals surface area contributed by atoms with Crippen LogP contribution >= 0.6 is 0 Å². The van der Waals surface area contributed by atoms with Gasteiger partial charge >= 0.3 is 0 Å². The van der Waals surface area contributed by atoms with Crippen LogP contribution in [0.1, 0.15) is 24.0 Å². The average Bonchev–Trinajstić information content (AvgIpc) is 2.48. The lowest BCUT2D eigenvalue weighted by Gasteiger charge is -2.04. The van der Waals surface area contributed by atoms with Crippen molar-refractivity contribution < 1.29 is 9.53 Å². The predicted octanol–water partition coefficient (Wildman–Crippen LogP) is 3.83. The van der Waals surface area contributed by atoms with Crippen molar-refractivity contribution in [1.82, 2.24) is 0 Å². The highest BCUT2D eigenvalue weighted by molar-refractivity contribution is 5.80. The Balaban J connectivity index is 1.77. The van der Waals surface area contributed by atoms with E-state index in [-0.39, 0.29) is 5.78 Å². The Hall–Kier alpha value is -2.09. The number of benzene rings is 2. The first-order valence-corrected chi connectivity index (χ1v) is 6.96. The molecule has 2 nitrogen and oxygen atoms in total.